The first kappa shape index (κ1) is 22.4. The van der Waals surface area contributed by atoms with Crippen LogP contribution in [0.15, 0.2) is 42.5 Å². The molecule has 0 saturated carbocycles. The molecule has 160 valence electrons. The summed E-state index contributed by atoms with van der Waals surface area (Å²) in [6, 6.07) is 11.7. The Kier molecular flexibility index (Phi) is 6.59. The maximum atomic E-state index is 11.7. The van der Waals surface area contributed by atoms with Crippen LogP contribution in [0.1, 0.15) is 12.0 Å². The van der Waals surface area contributed by atoms with Crippen LogP contribution in [0.2, 0.25) is 0 Å². The fourth-order valence-corrected chi connectivity index (χ4v) is 4.97. The molecule has 10 heteroatoms. The molecule has 2 aromatic rings. The molecule has 1 unspecified atom stereocenters. The molecule has 30 heavy (non-hydrogen) atoms. The first-order valence-electron chi connectivity index (χ1n) is 9.22. The van der Waals surface area contributed by atoms with Crippen molar-refractivity contribution in [3.8, 4) is 11.5 Å². The normalized spacial score (nSPS) is 20.4. The minimum Gasteiger partial charge on any atom is -1.00 e. The van der Waals surface area contributed by atoms with E-state index in [-0.39, 0.29) is 29.2 Å². The lowest BCUT2D eigenvalue weighted by Crippen LogP contribution is -3.00. The van der Waals surface area contributed by atoms with Crippen molar-refractivity contribution < 1.29 is 41.1 Å². The van der Waals surface area contributed by atoms with Crippen molar-refractivity contribution in [2.24, 2.45) is 0 Å². The van der Waals surface area contributed by atoms with Gasteiger partial charge in [-0.05, 0) is 42.4 Å². The van der Waals surface area contributed by atoms with E-state index < -0.39 is 10.6 Å². The maximum Gasteiger partial charge on any atom is 0.316 e. The number of hydrogen-bond acceptors (Lipinski definition) is 7. The van der Waals surface area contributed by atoms with Crippen LogP contribution in [0.3, 0.4) is 0 Å². The average molecular weight is 496 g/mol. The molecule has 4 rings (SSSR count). The fourth-order valence-electron chi connectivity index (χ4n) is 3.79. The molecule has 0 amide bonds. The molecule has 1 N–H and O–H groups in total. The zero-order valence-electron chi connectivity index (χ0n) is 16.6. The van der Waals surface area contributed by atoms with Gasteiger partial charge in [0, 0.05) is 29.5 Å². The highest BCUT2D eigenvalue weighted by Crippen LogP contribution is 2.42. The molecule has 8 nitrogen and oxygen atoms in total. The van der Waals surface area contributed by atoms with Crippen LogP contribution < -0.4 is 31.4 Å². The summed E-state index contributed by atoms with van der Waals surface area (Å²) in [5.41, 5.74) is 0.122. The number of ether oxygens (including phenoxy) is 2. The Hall–Kier alpha value is -2.30. The quantitative estimate of drug-likeness (QED) is 0.348. The molecule has 2 aliphatic rings. The SMILES string of the molecule is COc1ccc(OC)c(N2CC(O)(c3ccc([N+](=O)[O-])cc3)[N+]3=C2SCCC3)c1.[Br-]. The number of halogens is 1. The van der Waals surface area contributed by atoms with Gasteiger partial charge in [-0.25, -0.2) is 9.48 Å². The van der Waals surface area contributed by atoms with E-state index in [1.165, 1.54) is 12.1 Å². The molecule has 0 aliphatic carbocycles. The van der Waals surface area contributed by atoms with Gasteiger partial charge >= 0.3 is 5.17 Å². The standard InChI is InChI=1S/C20H22N3O5S.BrH/c1-27-16-8-9-18(28-2)17(12-16)21-13-20(24,22-10-3-11-29-19(21)22)14-4-6-15(7-5-14)23(25)26;/h4-9,12,24H,3,10-11,13H2,1-2H3;1H/q+1;/p-1. The molecule has 0 fully saturated rings. The van der Waals surface area contributed by atoms with E-state index in [9.17, 15) is 15.2 Å². The van der Waals surface area contributed by atoms with Crippen LogP contribution in [0.4, 0.5) is 11.4 Å². The molecular formula is C20H22BrN3O5S. The number of non-ortho nitro benzene ring substituents is 1. The summed E-state index contributed by atoms with van der Waals surface area (Å²) in [5.74, 6) is 2.32. The van der Waals surface area contributed by atoms with Crippen molar-refractivity contribution in [1.29, 1.82) is 0 Å². The number of rotatable bonds is 5. The molecule has 0 radical (unpaired) electrons. The van der Waals surface area contributed by atoms with Gasteiger partial charge in [0.2, 0.25) is 0 Å². The lowest BCUT2D eigenvalue weighted by molar-refractivity contribution is -0.656. The number of benzene rings is 2. The number of nitro groups is 1. The van der Waals surface area contributed by atoms with Gasteiger partial charge in [-0.15, -0.1) is 0 Å². The number of amidine groups is 1. The van der Waals surface area contributed by atoms with E-state index in [4.69, 9.17) is 9.47 Å². The van der Waals surface area contributed by atoms with Crippen molar-refractivity contribution in [2.45, 2.75) is 12.1 Å². The van der Waals surface area contributed by atoms with Crippen molar-refractivity contribution >= 4 is 28.3 Å². The van der Waals surface area contributed by atoms with Gasteiger partial charge in [0.05, 0.1) is 25.7 Å². The number of nitrogens with zero attached hydrogens (tertiary/aromatic N) is 3. The number of hydrogen-bond donors (Lipinski definition) is 1. The van der Waals surface area contributed by atoms with Crippen LogP contribution in [0, 0.1) is 10.1 Å². The summed E-state index contributed by atoms with van der Waals surface area (Å²) in [6.07, 6.45) is 0.937. The molecule has 0 spiro atoms. The Bertz CT molecular complexity index is 985. The minimum atomic E-state index is -1.30. The topological polar surface area (TPSA) is 88.1 Å². The minimum absolute atomic E-state index is 0. The van der Waals surface area contributed by atoms with E-state index in [1.807, 2.05) is 27.7 Å². The Labute approximate surface area is 189 Å². The molecular weight excluding hydrogens is 474 g/mol. The van der Waals surface area contributed by atoms with Gasteiger partial charge in [0.15, 0.2) is 18.0 Å². The second-order valence-corrected chi connectivity index (χ2v) is 7.94. The van der Waals surface area contributed by atoms with Crippen molar-refractivity contribution in [2.75, 3.05) is 38.0 Å². The van der Waals surface area contributed by atoms with Crippen LogP contribution >= 0.6 is 11.8 Å². The molecule has 2 heterocycles. The zero-order valence-corrected chi connectivity index (χ0v) is 19.0. The number of methoxy groups -OCH3 is 2. The maximum absolute atomic E-state index is 11.7. The lowest BCUT2D eigenvalue weighted by atomic mass is 10.0. The van der Waals surface area contributed by atoms with Crippen LogP contribution in [0.25, 0.3) is 0 Å². The third-order valence-electron chi connectivity index (χ3n) is 5.26. The Balaban J connectivity index is 0.00000256. The molecule has 0 aromatic heterocycles. The number of β-amino-alcohol motifs (C(OH)–C–C–N with tert-alkyl or cyclic N) is 1. The molecule has 0 saturated heterocycles. The number of anilines is 1. The van der Waals surface area contributed by atoms with Crippen LogP contribution in [0.5, 0.6) is 11.5 Å². The summed E-state index contributed by atoms with van der Waals surface area (Å²) < 4.78 is 12.9. The Morgan fingerprint density at radius 2 is 1.93 bits per heavy atom. The third-order valence-corrected chi connectivity index (χ3v) is 6.45. The van der Waals surface area contributed by atoms with Crippen molar-refractivity contribution in [3.63, 3.8) is 0 Å². The third kappa shape index (κ3) is 3.75. The smallest absolute Gasteiger partial charge is 0.316 e. The van der Waals surface area contributed by atoms with Gasteiger partial charge in [0.25, 0.3) is 11.4 Å². The fraction of sp³-hybridized carbons (Fsp3) is 0.350. The second kappa shape index (κ2) is 8.83. The zero-order chi connectivity index (χ0) is 20.6. The van der Waals surface area contributed by atoms with E-state index in [0.29, 0.717) is 23.6 Å². The molecule has 1 atom stereocenters. The second-order valence-electron chi connectivity index (χ2n) is 6.88. The number of nitro benzene ring substituents is 1. The van der Waals surface area contributed by atoms with E-state index in [2.05, 4.69) is 0 Å². The molecule has 0 bridgehead atoms. The predicted octanol–water partition coefficient (Wildman–Crippen LogP) is -0.213. The van der Waals surface area contributed by atoms with Gasteiger partial charge in [-0.2, -0.15) is 0 Å². The van der Waals surface area contributed by atoms with E-state index in [0.717, 1.165) is 23.0 Å². The highest BCUT2D eigenvalue weighted by Gasteiger charge is 2.54. The number of aliphatic hydroxyl groups is 1. The Morgan fingerprint density at radius 3 is 2.57 bits per heavy atom. The molecule has 2 aromatic carbocycles. The van der Waals surface area contributed by atoms with Gasteiger partial charge < -0.3 is 31.6 Å². The van der Waals surface area contributed by atoms with Crippen LogP contribution in [-0.2, 0) is 5.72 Å². The van der Waals surface area contributed by atoms with E-state index >= 15 is 0 Å². The van der Waals surface area contributed by atoms with Gasteiger partial charge in [-0.1, -0.05) is 0 Å². The first-order valence-corrected chi connectivity index (χ1v) is 10.2. The highest BCUT2D eigenvalue weighted by atomic mass is 79.9. The summed E-state index contributed by atoms with van der Waals surface area (Å²) >= 11 is 1.68. The van der Waals surface area contributed by atoms with Gasteiger partial charge in [0.1, 0.15) is 5.75 Å². The first-order chi connectivity index (χ1) is 14.0. The number of thioether (sulfide) groups is 1. The van der Waals surface area contributed by atoms with Crippen molar-refractivity contribution in [3.05, 3.63) is 58.1 Å². The summed E-state index contributed by atoms with van der Waals surface area (Å²) in [5, 5.41) is 23.7. The van der Waals surface area contributed by atoms with Crippen molar-refractivity contribution in [1.82, 2.24) is 0 Å². The summed E-state index contributed by atoms with van der Waals surface area (Å²) in [4.78, 5) is 12.6. The molecule has 2 aliphatic heterocycles. The average Bonchev–Trinajstić information content (AvgIpc) is 3.07. The Morgan fingerprint density at radius 1 is 1.20 bits per heavy atom. The van der Waals surface area contributed by atoms with Gasteiger partial charge in [-0.3, -0.25) is 10.1 Å². The largest absolute Gasteiger partial charge is 1.00 e. The lowest BCUT2D eigenvalue weighted by Gasteiger charge is -2.24. The highest BCUT2D eigenvalue weighted by molar-refractivity contribution is 8.13. The van der Waals surface area contributed by atoms with Crippen LogP contribution in [-0.4, -0.2) is 52.8 Å². The monoisotopic (exact) mass is 495 g/mol. The predicted molar refractivity (Wildman–Crippen MR) is 111 cm³/mol. The summed E-state index contributed by atoms with van der Waals surface area (Å²) in [6.45, 7) is 0.968. The van der Waals surface area contributed by atoms with E-state index in [1.54, 1.807) is 38.1 Å². The summed E-state index contributed by atoms with van der Waals surface area (Å²) in [7, 11) is 3.22.